The number of ether oxygens (including phenoxy) is 1. The maximum atomic E-state index is 11.5. The molecule has 1 aliphatic heterocycles. The standard InChI is InChI=1S/C24H24ClN5O2S/c25-18-13-16(22(27)31)3-6-19(18)33-24(7-8-24)20-14-21(30-9-11-32-12-10-30)29-23(28-20)15-1-4-17(26)5-2-15/h1-6,13-14H,7-12,26H2,(H2,27,31). The summed E-state index contributed by atoms with van der Waals surface area (Å²) in [7, 11) is 0. The van der Waals surface area contributed by atoms with E-state index >= 15 is 0 Å². The summed E-state index contributed by atoms with van der Waals surface area (Å²) < 4.78 is 5.34. The normalized spacial score (nSPS) is 17.1. The summed E-state index contributed by atoms with van der Waals surface area (Å²) in [6.45, 7) is 2.94. The lowest BCUT2D eigenvalue weighted by atomic mass is 10.1. The van der Waals surface area contributed by atoms with Gasteiger partial charge in [-0.05, 0) is 55.3 Å². The van der Waals surface area contributed by atoms with Crippen molar-refractivity contribution in [3.63, 3.8) is 0 Å². The molecule has 0 unspecified atom stereocenters. The molecule has 2 aliphatic rings. The lowest BCUT2D eigenvalue weighted by molar-refractivity contribution is 0.1000. The van der Waals surface area contributed by atoms with Gasteiger partial charge in [-0.25, -0.2) is 9.97 Å². The number of carbonyl (C=O) groups is 1. The van der Waals surface area contributed by atoms with Gasteiger partial charge in [0, 0.05) is 40.9 Å². The fraction of sp³-hybridized carbons (Fsp3) is 0.292. The van der Waals surface area contributed by atoms with Gasteiger partial charge in [-0.15, -0.1) is 11.8 Å². The van der Waals surface area contributed by atoms with Crippen molar-refractivity contribution in [1.82, 2.24) is 9.97 Å². The van der Waals surface area contributed by atoms with Crippen LogP contribution in [0, 0.1) is 0 Å². The third kappa shape index (κ3) is 4.64. The van der Waals surface area contributed by atoms with E-state index < -0.39 is 5.91 Å². The maximum absolute atomic E-state index is 11.5. The van der Waals surface area contributed by atoms with Gasteiger partial charge in [-0.3, -0.25) is 4.79 Å². The Kier molecular flexibility index (Phi) is 5.90. The second-order valence-corrected chi connectivity index (χ2v) is 10.1. The lowest BCUT2D eigenvalue weighted by Crippen LogP contribution is -2.37. The number of primary amides is 1. The molecule has 0 atom stereocenters. The molecule has 0 radical (unpaired) electrons. The number of halogens is 1. The number of nitrogen functional groups attached to an aromatic ring is 1. The number of nitrogens with two attached hydrogens (primary N) is 2. The molecule has 170 valence electrons. The molecule has 3 aromatic rings. The second kappa shape index (κ2) is 8.85. The molecule has 5 rings (SSSR count). The summed E-state index contributed by atoms with van der Waals surface area (Å²) in [5.41, 5.74) is 14.3. The van der Waals surface area contributed by atoms with Gasteiger partial charge in [0.2, 0.25) is 5.91 Å². The van der Waals surface area contributed by atoms with Crippen molar-refractivity contribution < 1.29 is 9.53 Å². The molecular formula is C24H24ClN5O2S. The van der Waals surface area contributed by atoms with Gasteiger partial charge >= 0.3 is 0 Å². The molecular weight excluding hydrogens is 458 g/mol. The number of carbonyl (C=O) groups excluding carboxylic acids is 1. The fourth-order valence-corrected chi connectivity index (χ4v) is 5.38. The van der Waals surface area contributed by atoms with E-state index in [1.807, 2.05) is 30.3 Å². The van der Waals surface area contributed by atoms with Gasteiger partial charge in [0.05, 0.1) is 28.7 Å². The van der Waals surface area contributed by atoms with E-state index in [0.717, 1.165) is 47.9 Å². The topological polar surface area (TPSA) is 107 Å². The van der Waals surface area contributed by atoms with Gasteiger partial charge in [0.15, 0.2) is 5.82 Å². The number of amides is 1. The molecule has 9 heteroatoms. The molecule has 1 amide bonds. The van der Waals surface area contributed by atoms with Crippen LogP contribution in [0.2, 0.25) is 5.02 Å². The van der Waals surface area contributed by atoms with Crippen molar-refractivity contribution in [2.24, 2.45) is 5.73 Å². The minimum Gasteiger partial charge on any atom is -0.399 e. The summed E-state index contributed by atoms with van der Waals surface area (Å²) in [4.78, 5) is 24.5. The second-order valence-electron chi connectivity index (χ2n) is 8.26. The number of anilines is 2. The number of hydrogen-bond donors (Lipinski definition) is 2. The Hall–Kier alpha value is -2.81. The summed E-state index contributed by atoms with van der Waals surface area (Å²) in [6, 6.07) is 14.9. The quantitative estimate of drug-likeness (QED) is 0.510. The smallest absolute Gasteiger partial charge is 0.248 e. The van der Waals surface area contributed by atoms with E-state index in [1.165, 1.54) is 0 Å². The van der Waals surface area contributed by atoms with Crippen LogP contribution in [0.25, 0.3) is 11.4 Å². The van der Waals surface area contributed by atoms with Crippen LogP contribution in [0.1, 0.15) is 28.9 Å². The third-order valence-electron chi connectivity index (χ3n) is 5.91. The first-order valence-corrected chi connectivity index (χ1v) is 12.0. The Bertz CT molecular complexity index is 1190. The predicted molar refractivity (Wildman–Crippen MR) is 132 cm³/mol. The Balaban J connectivity index is 1.53. The number of thioether (sulfide) groups is 1. The van der Waals surface area contributed by atoms with Crippen LogP contribution in [-0.4, -0.2) is 42.2 Å². The number of morpholine rings is 1. The number of nitrogens with zero attached hydrogens (tertiary/aromatic N) is 3. The van der Waals surface area contributed by atoms with Crippen LogP contribution in [0.5, 0.6) is 0 Å². The molecule has 1 aliphatic carbocycles. The molecule has 1 aromatic heterocycles. The molecule has 1 saturated heterocycles. The molecule has 4 N–H and O–H groups in total. The van der Waals surface area contributed by atoms with Crippen LogP contribution in [-0.2, 0) is 9.48 Å². The largest absolute Gasteiger partial charge is 0.399 e. The van der Waals surface area contributed by atoms with E-state index in [4.69, 9.17) is 37.8 Å². The van der Waals surface area contributed by atoms with Crippen LogP contribution < -0.4 is 16.4 Å². The Morgan fingerprint density at radius 2 is 1.79 bits per heavy atom. The maximum Gasteiger partial charge on any atom is 0.248 e. The molecule has 33 heavy (non-hydrogen) atoms. The summed E-state index contributed by atoms with van der Waals surface area (Å²) in [6.07, 6.45) is 1.96. The highest BCUT2D eigenvalue weighted by Gasteiger charge is 2.48. The van der Waals surface area contributed by atoms with Gasteiger partial charge in [0.1, 0.15) is 5.82 Å². The number of rotatable bonds is 6. The fourth-order valence-electron chi connectivity index (χ4n) is 3.85. The molecule has 0 bridgehead atoms. The van der Waals surface area contributed by atoms with E-state index in [1.54, 1.807) is 23.9 Å². The van der Waals surface area contributed by atoms with Crippen molar-refractivity contribution in [3.8, 4) is 11.4 Å². The van der Waals surface area contributed by atoms with Crippen LogP contribution >= 0.6 is 23.4 Å². The number of aromatic nitrogens is 2. The molecule has 7 nitrogen and oxygen atoms in total. The molecule has 2 fully saturated rings. The lowest BCUT2D eigenvalue weighted by Gasteiger charge is -2.29. The van der Waals surface area contributed by atoms with Gasteiger partial charge in [-0.2, -0.15) is 0 Å². The van der Waals surface area contributed by atoms with Gasteiger partial charge in [0.25, 0.3) is 0 Å². The Morgan fingerprint density at radius 1 is 1.06 bits per heavy atom. The Morgan fingerprint density at radius 3 is 2.42 bits per heavy atom. The van der Waals surface area contributed by atoms with Crippen molar-refractivity contribution in [3.05, 3.63) is 64.8 Å². The first kappa shape index (κ1) is 22.0. The van der Waals surface area contributed by atoms with E-state index in [9.17, 15) is 4.79 Å². The first-order chi connectivity index (χ1) is 15.9. The zero-order valence-corrected chi connectivity index (χ0v) is 19.5. The first-order valence-electron chi connectivity index (χ1n) is 10.8. The molecule has 1 saturated carbocycles. The van der Waals surface area contributed by atoms with Crippen molar-refractivity contribution in [1.29, 1.82) is 0 Å². The number of benzene rings is 2. The van der Waals surface area contributed by atoms with Crippen LogP contribution in [0.4, 0.5) is 11.5 Å². The summed E-state index contributed by atoms with van der Waals surface area (Å²) in [5.74, 6) is 1.09. The van der Waals surface area contributed by atoms with Crippen molar-refractivity contribution >= 4 is 40.8 Å². The molecule has 0 spiro atoms. The van der Waals surface area contributed by atoms with Crippen molar-refractivity contribution in [2.75, 3.05) is 36.9 Å². The van der Waals surface area contributed by atoms with E-state index in [-0.39, 0.29) is 4.75 Å². The van der Waals surface area contributed by atoms with E-state index in [2.05, 4.69) is 11.0 Å². The average molecular weight is 482 g/mol. The SMILES string of the molecule is NC(=O)c1ccc(SC2(c3cc(N4CCOCC4)nc(-c4ccc(N)cc4)n3)CC2)c(Cl)c1. The van der Waals surface area contributed by atoms with E-state index in [0.29, 0.717) is 35.3 Å². The monoisotopic (exact) mass is 481 g/mol. The highest BCUT2D eigenvalue weighted by molar-refractivity contribution is 8.00. The summed E-state index contributed by atoms with van der Waals surface area (Å²) in [5, 5.41) is 0.517. The summed E-state index contributed by atoms with van der Waals surface area (Å²) >= 11 is 8.18. The van der Waals surface area contributed by atoms with Gasteiger partial charge < -0.3 is 21.1 Å². The third-order valence-corrected chi connectivity index (χ3v) is 7.92. The van der Waals surface area contributed by atoms with Crippen LogP contribution in [0.3, 0.4) is 0 Å². The zero-order chi connectivity index (χ0) is 23.0. The number of hydrogen-bond acceptors (Lipinski definition) is 7. The highest BCUT2D eigenvalue weighted by atomic mass is 35.5. The Labute approximate surface area is 201 Å². The minimum absolute atomic E-state index is 0.190. The highest BCUT2D eigenvalue weighted by Crippen LogP contribution is 2.60. The van der Waals surface area contributed by atoms with Gasteiger partial charge in [-0.1, -0.05) is 11.6 Å². The molecule has 2 aromatic carbocycles. The minimum atomic E-state index is -0.492. The van der Waals surface area contributed by atoms with Crippen LogP contribution in [0.15, 0.2) is 53.4 Å². The zero-order valence-electron chi connectivity index (χ0n) is 18.0. The predicted octanol–water partition coefficient (Wildman–Crippen LogP) is 4.10. The molecule has 2 heterocycles. The van der Waals surface area contributed by atoms with Crippen molar-refractivity contribution in [2.45, 2.75) is 22.5 Å². The average Bonchev–Trinajstić information content (AvgIpc) is 3.62.